The van der Waals surface area contributed by atoms with Gasteiger partial charge in [-0.15, -0.1) is 0 Å². The Morgan fingerprint density at radius 1 is 1.00 bits per heavy atom. The first-order chi connectivity index (χ1) is 12.1. The summed E-state index contributed by atoms with van der Waals surface area (Å²) in [6, 6.07) is 17.0. The molecule has 3 rings (SSSR count). The number of pyridine rings is 1. The Balaban J connectivity index is 1.85. The number of amides is 1. The van der Waals surface area contributed by atoms with E-state index in [1.807, 2.05) is 48.5 Å². The molecule has 0 saturated heterocycles. The minimum Gasteiger partial charge on any atom is -0.493 e. The average molecular weight is 336 g/mol. The smallest absolute Gasteiger partial charge is 0.272 e. The van der Waals surface area contributed by atoms with Crippen molar-refractivity contribution in [3.05, 3.63) is 65.9 Å². The van der Waals surface area contributed by atoms with Crippen LogP contribution in [0.1, 0.15) is 16.1 Å². The lowest BCUT2D eigenvalue weighted by Crippen LogP contribution is -2.27. The molecule has 5 nitrogen and oxygen atoms in total. The van der Waals surface area contributed by atoms with Gasteiger partial charge in [0.25, 0.3) is 5.91 Å². The quantitative estimate of drug-likeness (QED) is 0.715. The fraction of sp³-hybridized carbons (Fsp3) is 0.200. The third-order valence-electron chi connectivity index (χ3n) is 4.06. The average Bonchev–Trinajstić information content (AvgIpc) is 2.66. The summed E-state index contributed by atoms with van der Waals surface area (Å²) in [6.45, 7) is 0.397. The van der Waals surface area contributed by atoms with E-state index in [2.05, 4.69) is 4.98 Å². The Morgan fingerprint density at radius 3 is 2.56 bits per heavy atom. The Kier molecular flexibility index (Phi) is 4.84. The zero-order chi connectivity index (χ0) is 17.8. The van der Waals surface area contributed by atoms with E-state index in [0.717, 1.165) is 16.5 Å². The van der Waals surface area contributed by atoms with E-state index >= 15 is 0 Å². The highest BCUT2D eigenvalue weighted by molar-refractivity contribution is 5.94. The number of aromatic nitrogens is 1. The second-order valence-electron chi connectivity index (χ2n) is 5.70. The number of nitrogens with zero attached hydrogens (tertiary/aromatic N) is 2. The number of benzene rings is 2. The van der Waals surface area contributed by atoms with Crippen molar-refractivity contribution in [3.8, 4) is 11.5 Å². The van der Waals surface area contributed by atoms with Gasteiger partial charge < -0.3 is 14.4 Å². The number of rotatable bonds is 5. The van der Waals surface area contributed by atoms with E-state index in [1.165, 1.54) is 0 Å². The molecule has 1 aromatic heterocycles. The van der Waals surface area contributed by atoms with Crippen molar-refractivity contribution in [2.45, 2.75) is 6.54 Å². The molecule has 0 aliphatic rings. The van der Waals surface area contributed by atoms with E-state index in [4.69, 9.17) is 9.47 Å². The van der Waals surface area contributed by atoms with Crippen LogP contribution in [0.3, 0.4) is 0 Å². The Morgan fingerprint density at radius 2 is 1.80 bits per heavy atom. The summed E-state index contributed by atoms with van der Waals surface area (Å²) in [4.78, 5) is 18.8. The second kappa shape index (κ2) is 7.21. The van der Waals surface area contributed by atoms with E-state index in [-0.39, 0.29) is 5.91 Å². The summed E-state index contributed by atoms with van der Waals surface area (Å²) in [5, 5.41) is 1.01. The van der Waals surface area contributed by atoms with Crippen molar-refractivity contribution in [1.29, 1.82) is 0 Å². The molecule has 0 bridgehead atoms. The molecule has 128 valence electrons. The molecule has 5 heteroatoms. The van der Waals surface area contributed by atoms with E-state index < -0.39 is 0 Å². The van der Waals surface area contributed by atoms with Gasteiger partial charge in [0.15, 0.2) is 11.5 Å². The molecule has 0 unspecified atom stereocenters. The lowest BCUT2D eigenvalue weighted by molar-refractivity contribution is 0.0778. The fourth-order valence-corrected chi connectivity index (χ4v) is 2.79. The molecule has 1 heterocycles. The SMILES string of the molecule is COc1cccc(CN(C)C(=O)c2ccc3ccccc3n2)c1OC. The van der Waals surface area contributed by atoms with Crippen LogP contribution in [0.4, 0.5) is 0 Å². The molecule has 0 saturated carbocycles. The first-order valence-electron chi connectivity index (χ1n) is 7.95. The molecule has 0 radical (unpaired) electrons. The maximum Gasteiger partial charge on any atom is 0.272 e. The van der Waals surface area contributed by atoms with Gasteiger partial charge in [-0.1, -0.05) is 36.4 Å². The van der Waals surface area contributed by atoms with Crippen LogP contribution in [-0.2, 0) is 6.54 Å². The number of para-hydroxylation sites is 2. The summed E-state index contributed by atoms with van der Waals surface area (Å²) < 4.78 is 10.7. The van der Waals surface area contributed by atoms with Gasteiger partial charge in [-0.2, -0.15) is 0 Å². The first kappa shape index (κ1) is 16.8. The standard InChI is InChI=1S/C20H20N2O3/c1-22(13-15-8-6-10-18(24-2)19(15)25-3)20(23)17-12-11-14-7-4-5-9-16(14)21-17/h4-12H,13H2,1-3H3. The number of carbonyl (C=O) groups excluding carboxylic acids is 1. The molecule has 3 aromatic rings. The number of ether oxygens (including phenoxy) is 2. The number of fused-ring (bicyclic) bond motifs is 1. The number of carbonyl (C=O) groups is 1. The van der Waals surface area contributed by atoms with E-state index in [9.17, 15) is 4.79 Å². The second-order valence-corrected chi connectivity index (χ2v) is 5.70. The van der Waals surface area contributed by atoms with Crippen LogP contribution in [0.25, 0.3) is 10.9 Å². The van der Waals surface area contributed by atoms with Crippen LogP contribution in [0.2, 0.25) is 0 Å². The van der Waals surface area contributed by atoms with Crippen LogP contribution in [0.15, 0.2) is 54.6 Å². The number of hydrogen-bond acceptors (Lipinski definition) is 4. The minimum absolute atomic E-state index is 0.143. The van der Waals surface area contributed by atoms with Gasteiger partial charge in [0, 0.05) is 24.5 Å². The normalized spacial score (nSPS) is 10.5. The van der Waals surface area contributed by atoms with Gasteiger partial charge in [0.2, 0.25) is 0 Å². The number of hydrogen-bond donors (Lipinski definition) is 0. The molecule has 0 aliphatic carbocycles. The summed E-state index contributed by atoms with van der Waals surface area (Å²) in [5.41, 5.74) is 2.10. The largest absolute Gasteiger partial charge is 0.493 e. The van der Waals surface area contributed by atoms with Crippen molar-refractivity contribution in [3.63, 3.8) is 0 Å². The topological polar surface area (TPSA) is 51.7 Å². The van der Waals surface area contributed by atoms with Gasteiger partial charge in [-0.3, -0.25) is 4.79 Å². The van der Waals surface area contributed by atoms with Crippen molar-refractivity contribution in [1.82, 2.24) is 9.88 Å². The minimum atomic E-state index is -0.143. The highest BCUT2D eigenvalue weighted by atomic mass is 16.5. The predicted molar refractivity (Wildman–Crippen MR) is 97.1 cm³/mol. The summed E-state index contributed by atoms with van der Waals surface area (Å²) in [7, 11) is 4.93. The van der Waals surface area contributed by atoms with Crippen LogP contribution >= 0.6 is 0 Å². The molecule has 0 fully saturated rings. The first-order valence-corrected chi connectivity index (χ1v) is 7.95. The zero-order valence-electron chi connectivity index (χ0n) is 14.5. The van der Waals surface area contributed by atoms with Crippen molar-refractivity contribution in [2.75, 3.05) is 21.3 Å². The molecular formula is C20H20N2O3. The van der Waals surface area contributed by atoms with Gasteiger partial charge in [-0.05, 0) is 18.2 Å². The Labute approximate surface area is 146 Å². The third-order valence-corrected chi connectivity index (χ3v) is 4.06. The lowest BCUT2D eigenvalue weighted by atomic mass is 10.1. The number of methoxy groups -OCH3 is 2. The fourth-order valence-electron chi connectivity index (χ4n) is 2.79. The van der Waals surface area contributed by atoms with Crippen molar-refractivity contribution < 1.29 is 14.3 Å². The summed E-state index contributed by atoms with van der Waals surface area (Å²) in [5.74, 6) is 1.14. The molecular weight excluding hydrogens is 316 g/mol. The maximum atomic E-state index is 12.7. The van der Waals surface area contributed by atoms with E-state index in [0.29, 0.717) is 23.7 Å². The maximum absolute atomic E-state index is 12.7. The Hall–Kier alpha value is -3.08. The van der Waals surface area contributed by atoms with Gasteiger partial charge in [0.1, 0.15) is 5.69 Å². The van der Waals surface area contributed by atoms with Gasteiger partial charge in [-0.25, -0.2) is 4.98 Å². The van der Waals surface area contributed by atoms with Crippen molar-refractivity contribution >= 4 is 16.8 Å². The molecule has 2 aromatic carbocycles. The lowest BCUT2D eigenvalue weighted by Gasteiger charge is -2.19. The van der Waals surface area contributed by atoms with Crippen LogP contribution in [0, 0.1) is 0 Å². The zero-order valence-corrected chi connectivity index (χ0v) is 14.5. The van der Waals surface area contributed by atoms with Crippen LogP contribution in [0.5, 0.6) is 11.5 Å². The molecule has 25 heavy (non-hydrogen) atoms. The van der Waals surface area contributed by atoms with Crippen LogP contribution in [-0.4, -0.2) is 37.1 Å². The molecule has 0 N–H and O–H groups in total. The van der Waals surface area contributed by atoms with Gasteiger partial charge in [0.05, 0.1) is 19.7 Å². The molecule has 1 amide bonds. The van der Waals surface area contributed by atoms with Crippen LogP contribution < -0.4 is 9.47 Å². The molecule has 0 atom stereocenters. The highest BCUT2D eigenvalue weighted by Gasteiger charge is 2.17. The van der Waals surface area contributed by atoms with E-state index in [1.54, 1.807) is 32.2 Å². The van der Waals surface area contributed by atoms with Gasteiger partial charge >= 0.3 is 0 Å². The third kappa shape index (κ3) is 3.40. The summed E-state index contributed by atoms with van der Waals surface area (Å²) in [6.07, 6.45) is 0. The Bertz CT molecular complexity index is 908. The van der Waals surface area contributed by atoms with Crippen molar-refractivity contribution in [2.24, 2.45) is 0 Å². The summed E-state index contributed by atoms with van der Waals surface area (Å²) >= 11 is 0. The highest BCUT2D eigenvalue weighted by Crippen LogP contribution is 2.31. The molecule has 0 aliphatic heterocycles. The molecule has 0 spiro atoms. The predicted octanol–water partition coefficient (Wildman–Crippen LogP) is 3.52. The monoisotopic (exact) mass is 336 g/mol.